The fraction of sp³-hybridized carbons (Fsp3) is 0. The molecule has 0 saturated carbocycles. The van der Waals surface area contributed by atoms with Crippen molar-refractivity contribution in [2.45, 2.75) is 0 Å². The molecule has 0 aliphatic carbocycles. The highest BCUT2D eigenvalue weighted by Crippen LogP contribution is 2.17. The zero-order valence-corrected chi connectivity index (χ0v) is 9.70. The maximum atomic E-state index is 3.58. The maximum Gasteiger partial charge on any atom is 0.522 e. The van der Waals surface area contributed by atoms with Crippen LogP contribution in [0, 0.1) is 0 Å². The topological polar surface area (TPSA) is 0 Å². The number of fused-ring (bicyclic) bond motifs is 1. The summed E-state index contributed by atoms with van der Waals surface area (Å²) in [6, 6.07) is 10.8. The first-order valence-electron chi connectivity index (χ1n) is 3.43. The smallest absolute Gasteiger partial charge is 0.295 e. The van der Waals surface area contributed by atoms with E-state index >= 15 is 0 Å². The van der Waals surface area contributed by atoms with Gasteiger partial charge in [-0.15, -0.1) is 3.01 Å². The van der Waals surface area contributed by atoms with Gasteiger partial charge >= 0.3 is 18.2 Å². The van der Waals surface area contributed by atoms with Crippen molar-refractivity contribution in [1.29, 1.82) is 0 Å². The minimum Gasteiger partial charge on any atom is -0.295 e. The monoisotopic (exact) mass is 236 g/mol. The summed E-state index contributed by atoms with van der Waals surface area (Å²) in [5.41, 5.74) is 0. The third-order valence-corrected chi connectivity index (χ3v) is 6.84. The average Bonchev–Trinajstić information content (AvgIpc) is 2.46. The van der Waals surface area contributed by atoms with Gasteiger partial charge in [-0.1, -0.05) is 24.3 Å². The molecule has 1 aromatic heterocycles. The van der Waals surface area contributed by atoms with Gasteiger partial charge in [0.2, 0.25) is 0 Å². The summed E-state index contributed by atoms with van der Waals surface area (Å²) in [5.74, 6) is 0. The number of thiophene rings is 1. The van der Waals surface area contributed by atoms with Crippen LogP contribution in [0.1, 0.15) is 0 Å². The summed E-state index contributed by atoms with van der Waals surface area (Å²) in [6.45, 7) is 0. The Kier molecular flexibility index (Phi) is 2.51. The quantitative estimate of drug-likeness (QED) is 0.669. The van der Waals surface area contributed by atoms with Crippen LogP contribution < -0.4 is 3.01 Å². The highest BCUT2D eigenvalue weighted by molar-refractivity contribution is 9.23. The zero-order valence-electron chi connectivity index (χ0n) is 5.88. The van der Waals surface area contributed by atoms with Crippen LogP contribution in [-0.2, 0) is 0 Å². The second kappa shape index (κ2) is 3.43. The summed E-state index contributed by atoms with van der Waals surface area (Å²) in [5, 5.41) is 1.39. The van der Waals surface area contributed by atoms with Gasteiger partial charge in [0.05, 0.1) is 0 Å². The fourth-order valence-electron chi connectivity index (χ4n) is 1.10. The van der Waals surface area contributed by atoms with E-state index in [1.165, 1.54) is 13.1 Å². The molecule has 0 spiro atoms. The lowest BCUT2D eigenvalue weighted by atomic mass is 10.3. The van der Waals surface area contributed by atoms with Crippen LogP contribution in [0.3, 0.4) is 0 Å². The van der Waals surface area contributed by atoms with Crippen LogP contribution in [0.25, 0.3) is 10.1 Å². The third kappa shape index (κ3) is 1.61. The molecule has 0 N–H and O–H groups in total. The Bertz CT molecular complexity index is 336. The van der Waals surface area contributed by atoms with E-state index in [9.17, 15) is 0 Å². The summed E-state index contributed by atoms with van der Waals surface area (Å²) < 4.78 is 2.95. The lowest BCUT2D eigenvalue weighted by molar-refractivity contribution is 1.86. The van der Waals surface area contributed by atoms with Gasteiger partial charge < -0.3 is 0 Å². The SMILES string of the molecule is [Br][Mg][c]1cc2ccccc2s1. The molecule has 2 rings (SSSR count). The fourth-order valence-corrected chi connectivity index (χ4v) is 4.46. The van der Waals surface area contributed by atoms with Crippen LogP contribution in [0.15, 0.2) is 30.3 Å². The van der Waals surface area contributed by atoms with Gasteiger partial charge in [-0.3, -0.25) is 12.9 Å². The second-order valence-electron chi connectivity index (χ2n) is 2.38. The molecule has 0 atom stereocenters. The van der Waals surface area contributed by atoms with Crippen molar-refractivity contribution >= 4 is 55.5 Å². The Morgan fingerprint density at radius 2 is 2.09 bits per heavy atom. The number of rotatable bonds is 1. The molecule has 0 aliphatic heterocycles. The zero-order chi connectivity index (χ0) is 7.68. The first kappa shape index (κ1) is 8.04. The molecule has 1 heterocycles. The molecule has 3 heteroatoms. The first-order valence-corrected chi connectivity index (χ1v) is 8.86. The molecular weight excluding hydrogens is 232 g/mol. The second-order valence-corrected chi connectivity index (χ2v) is 6.78. The lowest BCUT2D eigenvalue weighted by Crippen LogP contribution is -1.98. The van der Waals surface area contributed by atoms with Crippen molar-refractivity contribution < 1.29 is 0 Å². The molecule has 2 aromatic rings. The summed E-state index contributed by atoms with van der Waals surface area (Å²) >= 11 is 5.36. The molecule has 0 saturated heterocycles. The molecular formula is C8H5BrMgS. The van der Waals surface area contributed by atoms with Crippen LogP contribution in [0.5, 0.6) is 0 Å². The molecule has 0 nitrogen and oxygen atoms in total. The van der Waals surface area contributed by atoms with Crippen molar-refractivity contribution in [3.63, 3.8) is 0 Å². The molecule has 1 aromatic carbocycles. The van der Waals surface area contributed by atoms with Gasteiger partial charge in [-0.25, -0.2) is 0 Å². The van der Waals surface area contributed by atoms with Crippen molar-refractivity contribution in [1.82, 2.24) is 0 Å². The van der Waals surface area contributed by atoms with Gasteiger partial charge in [0.25, 0.3) is 0 Å². The summed E-state index contributed by atoms with van der Waals surface area (Å²) in [4.78, 5) is 0. The van der Waals surface area contributed by atoms with E-state index in [1.54, 1.807) is 0 Å². The van der Waals surface area contributed by atoms with Crippen molar-refractivity contribution in [2.24, 2.45) is 0 Å². The largest absolute Gasteiger partial charge is 0.522 e. The van der Waals surface area contributed by atoms with Gasteiger partial charge in [0.1, 0.15) is 0 Å². The number of benzene rings is 1. The minimum atomic E-state index is -0.137. The van der Waals surface area contributed by atoms with Gasteiger partial charge in [0.15, 0.2) is 0 Å². The first-order chi connectivity index (χ1) is 5.40. The molecule has 0 unspecified atom stereocenters. The molecule has 0 bridgehead atoms. The van der Waals surface area contributed by atoms with E-state index in [-0.39, 0.29) is 18.2 Å². The van der Waals surface area contributed by atoms with Crippen molar-refractivity contribution in [2.75, 3.05) is 0 Å². The predicted molar refractivity (Wildman–Crippen MR) is 56.1 cm³/mol. The van der Waals surface area contributed by atoms with E-state index in [0.29, 0.717) is 0 Å². The lowest BCUT2D eigenvalue weighted by Gasteiger charge is -1.82. The van der Waals surface area contributed by atoms with Crippen LogP contribution in [-0.4, -0.2) is 18.2 Å². The standard InChI is InChI=1S/C8H5S.BrH.Mg/c1-2-4-8-7(3-1)5-6-9-8;;/h1-5H;1H;/q;;+1/p-1. The Morgan fingerprint density at radius 3 is 2.82 bits per heavy atom. The van der Waals surface area contributed by atoms with Gasteiger partial charge in [-0.05, 0) is 11.5 Å². The Morgan fingerprint density at radius 1 is 1.27 bits per heavy atom. The third-order valence-electron chi connectivity index (χ3n) is 1.61. The number of hydrogen-bond donors (Lipinski definition) is 0. The Hall–Kier alpha value is 0.426. The maximum absolute atomic E-state index is 3.58. The number of halogens is 1. The molecule has 11 heavy (non-hydrogen) atoms. The molecule has 0 radical (unpaired) electrons. The van der Waals surface area contributed by atoms with E-state index < -0.39 is 0 Å². The molecule has 0 fully saturated rings. The van der Waals surface area contributed by atoms with E-state index in [0.717, 1.165) is 0 Å². The van der Waals surface area contributed by atoms with E-state index in [1.807, 2.05) is 11.3 Å². The van der Waals surface area contributed by atoms with Crippen molar-refractivity contribution in [3.8, 4) is 0 Å². The number of hydrogen-bond acceptors (Lipinski definition) is 1. The predicted octanol–water partition coefficient (Wildman–Crippen LogP) is 2.54. The van der Waals surface area contributed by atoms with Gasteiger partial charge in [-0.2, -0.15) is 11.3 Å². The summed E-state index contributed by atoms with van der Waals surface area (Å²) in [7, 11) is 0. The average molecular weight is 237 g/mol. The highest BCUT2D eigenvalue weighted by atomic mass is 79.9. The molecule has 0 aliphatic rings. The molecule has 52 valence electrons. The minimum absolute atomic E-state index is 0.137. The normalized spacial score (nSPS) is 9.91. The van der Waals surface area contributed by atoms with Crippen LogP contribution in [0.4, 0.5) is 0 Å². The Balaban J connectivity index is 2.69. The van der Waals surface area contributed by atoms with Crippen LogP contribution >= 0.6 is 24.2 Å². The van der Waals surface area contributed by atoms with Crippen LogP contribution in [0.2, 0.25) is 0 Å². The highest BCUT2D eigenvalue weighted by Gasteiger charge is 2.00. The Labute approximate surface area is 85.2 Å². The van der Waals surface area contributed by atoms with E-state index in [4.69, 9.17) is 0 Å². The van der Waals surface area contributed by atoms with Crippen molar-refractivity contribution in [3.05, 3.63) is 30.3 Å². The van der Waals surface area contributed by atoms with Gasteiger partial charge in [0, 0.05) is 4.70 Å². The van der Waals surface area contributed by atoms with E-state index in [2.05, 4.69) is 43.2 Å². The summed E-state index contributed by atoms with van der Waals surface area (Å²) in [6.07, 6.45) is 0. The molecule has 0 amide bonds.